The van der Waals surface area contributed by atoms with E-state index in [0.29, 0.717) is 23.2 Å². The molecule has 1 fully saturated rings. The maximum Gasteiger partial charge on any atom is 0.335 e. The molecule has 0 saturated heterocycles. The topological polar surface area (TPSA) is 98.4 Å². The van der Waals surface area contributed by atoms with Crippen molar-refractivity contribution in [3.63, 3.8) is 0 Å². The van der Waals surface area contributed by atoms with E-state index >= 15 is 0 Å². The molecule has 1 N–H and O–H groups in total. The first-order valence-electron chi connectivity index (χ1n) is 9.63. The molecular formula is C23H20N2O5. The molecule has 4 rings (SSSR count). The summed E-state index contributed by atoms with van der Waals surface area (Å²) in [6.45, 7) is 1.63. The molecule has 0 unspecified atom stereocenters. The van der Waals surface area contributed by atoms with Crippen molar-refractivity contribution in [3.8, 4) is 5.69 Å². The summed E-state index contributed by atoms with van der Waals surface area (Å²) in [6.07, 6.45) is 0.870. The van der Waals surface area contributed by atoms with Gasteiger partial charge in [-0.1, -0.05) is 18.2 Å². The Balaban J connectivity index is 2.07. The number of carbonyl (C=O) groups is 2. The zero-order chi connectivity index (χ0) is 21.6. The van der Waals surface area contributed by atoms with Gasteiger partial charge in [-0.2, -0.15) is 0 Å². The van der Waals surface area contributed by atoms with Gasteiger partial charge >= 0.3 is 5.69 Å². The Morgan fingerprint density at radius 1 is 0.933 bits per heavy atom. The Morgan fingerprint density at radius 3 is 2.20 bits per heavy atom. The average molecular weight is 404 g/mol. The van der Waals surface area contributed by atoms with Gasteiger partial charge in [-0.3, -0.25) is 19.0 Å². The summed E-state index contributed by atoms with van der Waals surface area (Å²) in [6, 6.07) is 11.6. The Bertz CT molecular complexity index is 1340. The number of fused-ring (bicyclic) bond motifs is 1. The van der Waals surface area contributed by atoms with Gasteiger partial charge in [0.15, 0.2) is 11.6 Å². The summed E-state index contributed by atoms with van der Waals surface area (Å²) in [5, 5.41) is 11.0. The molecule has 1 saturated carbocycles. The highest BCUT2D eigenvalue weighted by molar-refractivity contribution is 6.25. The lowest BCUT2D eigenvalue weighted by atomic mass is 9.88. The van der Waals surface area contributed by atoms with Crippen LogP contribution < -0.4 is 11.2 Å². The van der Waals surface area contributed by atoms with Crippen LogP contribution >= 0.6 is 0 Å². The number of hydrogen-bond acceptors (Lipinski definition) is 5. The molecule has 30 heavy (non-hydrogen) atoms. The van der Waals surface area contributed by atoms with Crippen LogP contribution in [0, 0.1) is 6.92 Å². The van der Waals surface area contributed by atoms with Gasteiger partial charge in [-0.05, 0) is 43.2 Å². The van der Waals surface area contributed by atoms with Crippen molar-refractivity contribution in [1.29, 1.82) is 0 Å². The van der Waals surface area contributed by atoms with Crippen LogP contribution in [0.2, 0.25) is 0 Å². The minimum absolute atomic E-state index is 0.201. The zero-order valence-electron chi connectivity index (χ0n) is 16.6. The van der Waals surface area contributed by atoms with Gasteiger partial charge in [0.05, 0.1) is 16.6 Å². The number of aliphatic hydroxyl groups excluding tert-OH is 1. The SMILES string of the molecule is Cc1c(C(O)=C2C(=O)CCCC2=O)ccc2c1c(=O)n(-c1ccccc1)c(=O)n2C. The third kappa shape index (κ3) is 2.90. The molecule has 7 heteroatoms. The van der Waals surface area contributed by atoms with Crippen molar-refractivity contribution < 1.29 is 14.7 Å². The van der Waals surface area contributed by atoms with Crippen molar-refractivity contribution in [2.24, 2.45) is 7.05 Å². The lowest BCUT2D eigenvalue weighted by molar-refractivity contribution is -0.123. The molecule has 0 radical (unpaired) electrons. The van der Waals surface area contributed by atoms with E-state index in [-0.39, 0.29) is 29.4 Å². The van der Waals surface area contributed by atoms with Crippen molar-refractivity contribution in [1.82, 2.24) is 9.13 Å². The second-order valence-electron chi connectivity index (χ2n) is 7.37. The van der Waals surface area contributed by atoms with Gasteiger partial charge in [0.25, 0.3) is 5.56 Å². The summed E-state index contributed by atoms with van der Waals surface area (Å²) in [7, 11) is 1.56. The van der Waals surface area contributed by atoms with E-state index in [1.807, 2.05) is 0 Å². The van der Waals surface area contributed by atoms with E-state index in [2.05, 4.69) is 0 Å². The van der Waals surface area contributed by atoms with E-state index in [0.717, 1.165) is 4.57 Å². The van der Waals surface area contributed by atoms with Gasteiger partial charge < -0.3 is 5.11 Å². The first kappa shape index (κ1) is 19.6. The molecule has 1 aliphatic rings. The molecule has 7 nitrogen and oxygen atoms in total. The van der Waals surface area contributed by atoms with Gasteiger partial charge in [0.2, 0.25) is 0 Å². The van der Waals surface area contributed by atoms with Gasteiger partial charge in [0.1, 0.15) is 11.3 Å². The highest BCUT2D eigenvalue weighted by Gasteiger charge is 2.28. The first-order chi connectivity index (χ1) is 14.3. The molecule has 0 bridgehead atoms. The Hall–Kier alpha value is -3.74. The number of aromatic nitrogens is 2. The summed E-state index contributed by atoms with van der Waals surface area (Å²) in [5.74, 6) is -1.21. The third-order valence-corrected chi connectivity index (χ3v) is 5.57. The number of benzene rings is 2. The molecule has 0 aliphatic heterocycles. The van der Waals surface area contributed by atoms with E-state index in [4.69, 9.17) is 0 Å². The number of allylic oxidation sites excluding steroid dienone is 1. The number of ketones is 2. The van der Waals surface area contributed by atoms with Crippen LogP contribution in [-0.4, -0.2) is 25.8 Å². The fourth-order valence-corrected chi connectivity index (χ4v) is 3.97. The molecule has 1 aliphatic carbocycles. The highest BCUT2D eigenvalue weighted by Crippen LogP contribution is 2.29. The third-order valence-electron chi connectivity index (χ3n) is 5.57. The number of Topliss-reactive ketones (excluding diaryl/α,β-unsaturated/α-hetero) is 2. The lowest BCUT2D eigenvalue weighted by Crippen LogP contribution is -2.38. The number of aliphatic hydroxyl groups is 1. The van der Waals surface area contributed by atoms with Crippen molar-refractivity contribution >= 4 is 28.2 Å². The maximum atomic E-state index is 13.3. The minimum atomic E-state index is -0.530. The highest BCUT2D eigenvalue weighted by atomic mass is 16.3. The van der Waals surface area contributed by atoms with Gasteiger partial charge in [-0.15, -0.1) is 0 Å². The number of rotatable bonds is 2. The molecule has 1 aromatic heterocycles. The Kier molecular flexibility index (Phi) is 4.73. The lowest BCUT2D eigenvalue weighted by Gasteiger charge is -2.17. The first-order valence-corrected chi connectivity index (χ1v) is 9.63. The zero-order valence-corrected chi connectivity index (χ0v) is 16.6. The Labute approximate surface area is 171 Å². The molecule has 3 aromatic rings. The van der Waals surface area contributed by atoms with Crippen LogP contribution in [0.15, 0.2) is 57.6 Å². The number of carbonyl (C=O) groups excluding carboxylic acids is 2. The second kappa shape index (κ2) is 7.26. The Morgan fingerprint density at radius 2 is 1.57 bits per heavy atom. The van der Waals surface area contributed by atoms with E-state index in [1.165, 1.54) is 10.6 Å². The number of aryl methyl sites for hydroxylation is 2. The predicted molar refractivity (Wildman–Crippen MR) is 113 cm³/mol. The van der Waals surface area contributed by atoms with E-state index in [9.17, 15) is 24.3 Å². The smallest absolute Gasteiger partial charge is 0.335 e. The van der Waals surface area contributed by atoms with Gasteiger partial charge in [-0.25, -0.2) is 9.36 Å². The average Bonchev–Trinajstić information content (AvgIpc) is 2.72. The maximum absolute atomic E-state index is 13.3. The number of hydrogen-bond donors (Lipinski definition) is 1. The summed E-state index contributed by atoms with van der Waals surface area (Å²) in [4.78, 5) is 50.7. The molecule has 1 heterocycles. The standard InChI is InChI=1S/C23H20N2O5/c1-13-15(21(28)20-17(26)9-6-10-18(20)27)11-12-16-19(13)22(29)25(23(30)24(16)2)14-7-4-3-5-8-14/h3-5,7-8,11-12,28H,6,9-10H2,1-2H3. The van der Waals surface area contributed by atoms with Crippen LogP contribution in [0.4, 0.5) is 0 Å². The molecule has 0 spiro atoms. The quantitative estimate of drug-likeness (QED) is 0.402. The molecule has 0 amide bonds. The van der Waals surface area contributed by atoms with E-state index in [1.54, 1.807) is 50.4 Å². The minimum Gasteiger partial charge on any atom is -0.506 e. The normalized spacial score (nSPS) is 14.4. The fraction of sp³-hybridized carbons (Fsp3) is 0.217. The van der Waals surface area contributed by atoms with Crippen molar-refractivity contribution in [2.75, 3.05) is 0 Å². The summed E-state index contributed by atoms with van der Waals surface area (Å²) >= 11 is 0. The molecule has 152 valence electrons. The predicted octanol–water partition coefficient (Wildman–Crippen LogP) is 2.59. The van der Waals surface area contributed by atoms with Crippen molar-refractivity contribution in [2.45, 2.75) is 26.2 Å². The van der Waals surface area contributed by atoms with Crippen LogP contribution in [0.25, 0.3) is 22.3 Å². The molecule has 0 atom stereocenters. The van der Waals surface area contributed by atoms with Crippen LogP contribution in [0.3, 0.4) is 0 Å². The van der Waals surface area contributed by atoms with Crippen molar-refractivity contribution in [3.05, 3.63) is 80.0 Å². The fourth-order valence-electron chi connectivity index (χ4n) is 3.97. The van der Waals surface area contributed by atoms with Crippen LogP contribution in [0.5, 0.6) is 0 Å². The number of nitrogens with zero attached hydrogens (tertiary/aromatic N) is 2. The van der Waals surface area contributed by atoms with E-state index < -0.39 is 28.6 Å². The largest absolute Gasteiger partial charge is 0.506 e. The van der Waals surface area contributed by atoms with Gasteiger partial charge in [0, 0.05) is 25.5 Å². The van der Waals surface area contributed by atoms with Crippen LogP contribution in [-0.2, 0) is 16.6 Å². The molecular weight excluding hydrogens is 384 g/mol. The second-order valence-corrected chi connectivity index (χ2v) is 7.37. The number of para-hydroxylation sites is 1. The van der Waals surface area contributed by atoms with Crippen LogP contribution in [0.1, 0.15) is 30.4 Å². The summed E-state index contributed by atoms with van der Waals surface area (Å²) < 4.78 is 2.43. The summed E-state index contributed by atoms with van der Waals surface area (Å²) in [5.41, 5.74) is 0.221. The molecule has 2 aromatic carbocycles. The monoisotopic (exact) mass is 404 g/mol.